The Morgan fingerprint density at radius 1 is 1.15 bits per heavy atom. The lowest BCUT2D eigenvalue weighted by molar-refractivity contribution is -0.125. The van der Waals surface area contributed by atoms with Crippen LogP contribution in [0.3, 0.4) is 0 Å². The minimum absolute atomic E-state index is 0.0596. The van der Waals surface area contributed by atoms with Gasteiger partial charge < -0.3 is 9.64 Å². The predicted octanol–water partition coefficient (Wildman–Crippen LogP) is 5.74. The van der Waals surface area contributed by atoms with E-state index in [1.807, 2.05) is 60.7 Å². The van der Waals surface area contributed by atoms with Crippen LogP contribution in [0.2, 0.25) is 5.02 Å². The van der Waals surface area contributed by atoms with Crippen LogP contribution in [0.1, 0.15) is 24.5 Å². The van der Waals surface area contributed by atoms with E-state index in [0.29, 0.717) is 23.0 Å². The van der Waals surface area contributed by atoms with E-state index in [2.05, 4.69) is 33.7 Å². The number of nitrogens with one attached hydrogen (secondary N) is 2. The molecule has 0 bridgehead atoms. The molecule has 2 N–H and O–H groups in total. The number of amides is 2. The molecule has 1 atom stereocenters. The molecule has 0 unspecified atom stereocenters. The van der Waals surface area contributed by atoms with Gasteiger partial charge in [0.15, 0.2) is 0 Å². The minimum atomic E-state index is -0.453. The summed E-state index contributed by atoms with van der Waals surface area (Å²) in [7, 11) is 0. The monoisotopic (exact) mass is 541 g/mol. The van der Waals surface area contributed by atoms with E-state index < -0.39 is 5.92 Å². The SMILES string of the molecule is CCc1ccc(N2C[C@H](C(=O)NNc3cc(Br)ccc3OCc3ccccc3Cl)CC2=O)cc1. The lowest BCUT2D eigenvalue weighted by atomic mass is 10.1. The van der Waals surface area contributed by atoms with Crippen molar-refractivity contribution in [3.63, 3.8) is 0 Å². The van der Waals surface area contributed by atoms with Gasteiger partial charge in [-0.3, -0.25) is 20.4 Å². The largest absolute Gasteiger partial charge is 0.487 e. The van der Waals surface area contributed by atoms with Gasteiger partial charge in [-0.25, -0.2) is 0 Å². The van der Waals surface area contributed by atoms with Crippen molar-refractivity contribution in [2.45, 2.75) is 26.4 Å². The second-order valence-electron chi connectivity index (χ2n) is 8.06. The maximum atomic E-state index is 12.8. The lowest BCUT2D eigenvalue weighted by Crippen LogP contribution is -2.36. The molecule has 6 nitrogen and oxygen atoms in total. The molecule has 176 valence electrons. The molecule has 1 aliphatic rings. The van der Waals surface area contributed by atoms with Gasteiger partial charge in [0.05, 0.1) is 11.6 Å². The number of hydrazine groups is 1. The summed E-state index contributed by atoms with van der Waals surface area (Å²) in [6, 6.07) is 20.8. The van der Waals surface area contributed by atoms with Crippen LogP contribution in [0.15, 0.2) is 71.2 Å². The van der Waals surface area contributed by atoms with Crippen molar-refractivity contribution in [1.82, 2.24) is 5.43 Å². The first-order valence-electron chi connectivity index (χ1n) is 11.1. The molecule has 4 rings (SSSR count). The van der Waals surface area contributed by atoms with Gasteiger partial charge in [-0.2, -0.15) is 0 Å². The van der Waals surface area contributed by atoms with Crippen LogP contribution in [-0.2, 0) is 22.6 Å². The Kier molecular flexibility index (Phi) is 7.75. The standard InChI is InChI=1S/C26H25BrClN3O3/c1-2-17-7-10-21(11-8-17)31-15-19(13-25(31)32)26(33)30-29-23-14-20(27)9-12-24(23)34-16-18-5-3-4-6-22(18)28/h3-12,14,19,29H,2,13,15-16H2,1H3,(H,30,33)/t19-/m1/s1. The molecule has 0 aliphatic carbocycles. The fraction of sp³-hybridized carbons (Fsp3) is 0.231. The Hall–Kier alpha value is -3.03. The summed E-state index contributed by atoms with van der Waals surface area (Å²) in [5.74, 6) is -0.206. The highest BCUT2D eigenvalue weighted by Gasteiger charge is 2.35. The summed E-state index contributed by atoms with van der Waals surface area (Å²) in [5, 5.41) is 0.627. The zero-order valence-corrected chi connectivity index (χ0v) is 21.0. The average molecular weight is 543 g/mol. The van der Waals surface area contributed by atoms with Crippen LogP contribution in [0.4, 0.5) is 11.4 Å². The molecule has 1 heterocycles. The minimum Gasteiger partial charge on any atom is -0.487 e. The zero-order chi connectivity index (χ0) is 24.1. The Bertz CT molecular complexity index is 1190. The third kappa shape index (κ3) is 5.72. The molecular weight excluding hydrogens is 518 g/mol. The molecular formula is C26H25BrClN3O3. The van der Waals surface area contributed by atoms with Crippen molar-refractivity contribution in [2.24, 2.45) is 5.92 Å². The van der Waals surface area contributed by atoms with Crippen LogP contribution in [-0.4, -0.2) is 18.4 Å². The number of benzene rings is 3. The molecule has 2 amide bonds. The molecule has 1 aliphatic heterocycles. The highest BCUT2D eigenvalue weighted by atomic mass is 79.9. The van der Waals surface area contributed by atoms with E-state index in [1.54, 1.807) is 11.0 Å². The van der Waals surface area contributed by atoms with Crippen LogP contribution >= 0.6 is 27.5 Å². The number of carbonyl (C=O) groups is 2. The van der Waals surface area contributed by atoms with Crippen molar-refractivity contribution in [3.05, 3.63) is 87.4 Å². The molecule has 34 heavy (non-hydrogen) atoms. The number of carbonyl (C=O) groups excluding carboxylic acids is 2. The Morgan fingerprint density at radius 3 is 2.65 bits per heavy atom. The summed E-state index contributed by atoms with van der Waals surface area (Å²) < 4.78 is 6.77. The molecule has 1 saturated heterocycles. The van der Waals surface area contributed by atoms with Crippen LogP contribution < -0.4 is 20.5 Å². The predicted molar refractivity (Wildman–Crippen MR) is 138 cm³/mol. The number of halogens is 2. The molecule has 1 fully saturated rings. The van der Waals surface area contributed by atoms with E-state index in [4.69, 9.17) is 16.3 Å². The normalized spacial score (nSPS) is 15.3. The number of anilines is 2. The van der Waals surface area contributed by atoms with E-state index in [0.717, 1.165) is 22.1 Å². The Labute approximate surface area is 212 Å². The lowest BCUT2D eigenvalue weighted by Gasteiger charge is -2.18. The van der Waals surface area contributed by atoms with E-state index in [9.17, 15) is 9.59 Å². The van der Waals surface area contributed by atoms with E-state index >= 15 is 0 Å². The number of aryl methyl sites for hydroxylation is 1. The topological polar surface area (TPSA) is 70.7 Å². The summed E-state index contributed by atoms with van der Waals surface area (Å²) in [6.45, 7) is 2.71. The first-order valence-corrected chi connectivity index (χ1v) is 12.2. The third-order valence-electron chi connectivity index (χ3n) is 5.76. The van der Waals surface area contributed by atoms with Crippen molar-refractivity contribution >= 4 is 50.7 Å². The van der Waals surface area contributed by atoms with Gasteiger partial charge >= 0.3 is 0 Å². The van der Waals surface area contributed by atoms with Gasteiger partial charge in [-0.05, 0) is 48.4 Å². The van der Waals surface area contributed by atoms with Crippen molar-refractivity contribution in [2.75, 3.05) is 16.9 Å². The summed E-state index contributed by atoms with van der Waals surface area (Å²) >= 11 is 9.67. The summed E-state index contributed by atoms with van der Waals surface area (Å²) in [6.07, 6.45) is 1.10. The average Bonchev–Trinajstić information content (AvgIpc) is 3.24. The summed E-state index contributed by atoms with van der Waals surface area (Å²) in [5.41, 5.74) is 9.15. The number of hydrogen-bond donors (Lipinski definition) is 2. The molecule has 0 saturated carbocycles. The number of ether oxygens (including phenoxy) is 1. The zero-order valence-electron chi connectivity index (χ0n) is 18.7. The second kappa shape index (κ2) is 10.9. The van der Waals surface area contributed by atoms with Crippen molar-refractivity contribution in [3.8, 4) is 5.75 Å². The van der Waals surface area contributed by atoms with Crippen molar-refractivity contribution in [1.29, 1.82) is 0 Å². The summed E-state index contributed by atoms with van der Waals surface area (Å²) in [4.78, 5) is 27.1. The van der Waals surface area contributed by atoms with Gasteiger partial charge in [-0.15, -0.1) is 0 Å². The van der Waals surface area contributed by atoms with Gasteiger partial charge in [0, 0.05) is 33.7 Å². The quantitative estimate of drug-likeness (QED) is 0.356. The van der Waals surface area contributed by atoms with E-state index in [1.165, 1.54) is 5.56 Å². The van der Waals surface area contributed by atoms with Gasteiger partial charge in [0.2, 0.25) is 11.8 Å². The van der Waals surface area contributed by atoms with Crippen LogP contribution in [0.5, 0.6) is 5.75 Å². The number of hydrogen-bond acceptors (Lipinski definition) is 4. The first kappa shape index (κ1) is 24.1. The van der Waals surface area contributed by atoms with Crippen molar-refractivity contribution < 1.29 is 14.3 Å². The molecule has 3 aromatic carbocycles. The fourth-order valence-corrected chi connectivity index (χ4v) is 4.32. The maximum absolute atomic E-state index is 12.8. The Balaban J connectivity index is 1.38. The van der Waals surface area contributed by atoms with Gasteiger partial charge in [0.25, 0.3) is 0 Å². The fourth-order valence-electron chi connectivity index (χ4n) is 3.77. The molecule has 0 aromatic heterocycles. The molecule has 0 radical (unpaired) electrons. The Morgan fingerprint density at radius 2 is 1.91 bits per heavy atom. The van der Waals surface area contributed by atoms with Crippen LogP contribution in [0.25, 0.3) is 0 Å². The second-order valence-corrected chi connectivity index (χ2v) is 9.38. The number of rotatable bonds is 8. The molecule has 3 aromatic rings. The van der Waals surface area contributed by atoms with Gasteiger partial charge in [0.1, 0.15) is 12.4 Å². The van der Waals surface area contributed by atoms with Crippen LogP contribution in [0, 0.1) is 5.92 Å². The van der Waals surface area contributed by atoms with Gasteiger partial charge in [-0.1, -0.05) is 64.8 Å². The third-order valence-corrected chi connectivity index (χ3v) is 6.62. The smallest absolute Gasteiger partial charge is 0.243 e. The highest BCUT2D eigenvalue weighted by molar-refractivity contribution is 9.10. The first-order chi connectivity index (χ1) is 16.4. The number of nitrogens with zero attached hydrogens (tertiary/aromatic N) is 1. The molecule has 8 heteroatoms. The highest BCUT2D eigenvalue weighted by Crippen LogP contribution is 2.30. The maximum Gasteiger partial charge on any atom is 0.243 e. The van der Waals surface area contributed by atoms with E-state index in [-0.39, 0.29) is 24.8 Å². The molecule has 0 spiro atoms.